The maximum atomic E-state index is 12.5. The van der Waals surface area contributed by atoms with E-state index in [9.17, 15) is 9.59 Å². The molecule has 1 aromatic heterocycles. The van der Waals surface area contributed by atoms with Gasteiger partial charge in [0.2, 0.25) is 0 Å². The average Bonchev–Trinajstić information content (AvgIpc) is 2.82. The largest absolute Gasteiger partial charge is 0.341 e. The van der Waals surface area contributed by atoms with Crippen LogP contribution in [0.25, 0.3) is 0 Å². The quantitative estimate of drug-likeness (QED) is 0.813. The van der Waals surface area contributed by atoms with Crippen LogP contribution in [0.3, 0.4) is 0 Å². The first-order chi connectivity index (χ1) is 10.9. The summed E-state index contributed by atoms with van der Waals surface area (Å²) >= 11 is 1.05. The molecule has 5 heteroatoms. The van der Waals surface area contributed by atoms with Gasteiger partial charge >= 0.3 is 4.87 Å². The number of carbonyl (C=O) groups excluding carboxylic acids is 1. The number of aromatic nitrogens is 1. The molecule has 0 saturated carbocycles. The van der Waals surface area contributed by atoms with Crippen LogP contribution < -0.4 is 4.87 Å². The molecule has 0 aliphatic rings. The predicted molar refractivity (Wildman–Crippen MR) is 95.5 cm³/mol. The van der Waals surface area contributed by atoms with Crippen LogP contribution in [-0.2, 0) is 6.54 Å². The molecular weight excluding hydrogens is 308 g/mol. The van der Waals surface area contributed by atoms with Crippen LogP contribution in [0.5, 0.6) is 0 Å². The number of amides is 1. The molecule has 0 radical (unpaired) electrons. The summed E-state index contributed by atoms with van der Waals surface area (Å²) in [6.07, 6.45) is 2.02. The number of hydrogen-bond acceptors (Lipinski definition) is 3. The van der Waals surface area contributed by atoms with Gasteiger partial charge in [-0.15, -0.1) is 0 Å². The molecule has 0 atom stereocenters. The summed E-state index contributed by atoms with van der Waals surface area (Å²) in [4.78, 5) is 27.0. The third-order valence-corrected chi connectivity index (χ3v) is 5.06. The smallest absolute Gasteiger partial charge is 0.308 e. The van der Waals surface area contributed by atoms with E-state index in [4.69, 9.17) is 0 Å². The van der Waals surface area contributed by atoms with E-state index in [1.54, 1.807) is 16.5 Å². The average molecular weight is 332 g/mol. The van der Waals surface area contributed by atoms with Crippen molar-refractivity contribution < 1.29 is 4.79 Å². The van der Waals surface area contributed by atoms with Crippen LogP contribution in [0, 0.1) is 13.8 Å². The summed E-state index contributed by atoms with van der Waals surface area (Å²) in [5, 5.41) is 0. The number of carbonyl (C=O) groups is 1. The van der Waals surface area contributed by atoms with E-state index >= 15 is 0 Å². The molecule has 0 N–H and O–H groups in total. The molecule has 4 nitrogen and oxygen atoms in total. The Kier molecular flexibility index (Phi) is 5.77. The molecule has 0 saturated heterocycles. The van der Waals surface area contributed by atoms with Gasteiger partial charge < -0.3 is 4.90 Å². The summed E-state index contributed by atoms with van der Waals surface area (Å²) in [5.41, 5.74) is 3.02. The lowest BCUT2D eigenvalue weighted by molar-refractivity contribution is 0.0796. The number of unbranched alkanes of at least 4 members (excludes halogenated alkanes) is 1. The van der Waals surface area contributed by atoms with Crippen LogP contribution in [0.1, 0.15) is 46.3 Å². The van der Waals surface area contributed by atoms with Crippen molar-refractivity contribution in [2.45, 2.75) is 40.2 Å². The second-order valence-electron chi connectivity index (χ2n) is 5.93. The molecule has 124 valence electrons. The van der Waals surface area contributed by atoms with Crippen LogP contribution in [0.4, 0.5) is 0 Å². The van der Waals surface area contributed by atoms with Crippen LogP contribution >= 0.6 is 11.3 Å². The van der Waals surface area contributed by atoms with E-state index in [0.717, 1.165) is 42.0 Å². The van der Waals surface area contributed by atoms with Crippen molar-refractivity contribution in [3.8, 4) is 0 Å². The zero-order valence-electron chi connectivity index (χ0n) is 14.3. The van der Waals surface area contributed by atoms with Crippen molar-refractivity contribution in [2.24, 2.45) is 0 Å². The standard InChI is InChI=1S/C18H24N2O2S/c1-5-6-11-19(4)17(21)16-14(3)20(18(22)23-16)12-15-9-7-13(2)8-10-15/h7-10H,5-6,11-12H2,1-4H3. The summed E-state index contributed by atoms with van der Waals surface area (Å²) in [7, 11) is 1.80. The number of hydrogen-bond donors (Lipinski definition) is 0. The van der Waals surface area contributed by atoms with Gasteiger partial charge in [-0.2, -0.15) is 0 Å². The zero-order chi connectivity index (χ0) is 17.0. The van der Waals surface area contributed by atoms with E-state index in [-0.39, 0.29) is 10.8 Å². The minimum absolute atomic E-state index is 0.0549. The lowest BCUT2D eigenvalue weighted by atomic mass is 10.1. The number of thiazole rings is 1. The highest BCUT2D eigenvalue weighted by atomic mass is 32.1. The highest BCUT2D eigenvalue weighted by Gasteiger charge is 2.20. The van der Waals surface area contributed by atoms with Crippen molar-refractivity contribution in [1.82, 2.24) is 9.47 Å². The zero-order valence-corrected chi connectivity index (χ0v) is 15.1. The van der Waals surface area contributed by atoms with Gasteiger partial charge in [0.15, 0.2) is 0 Å². The van der Waals surface area contributed by atoms with Gasteiger partial charge in [-0.3, -0.25) is 14.2 Å². The molecule has 1 heterocycles. The molecule has 2 rings (SSSR count). The Labute approximate surface area is 141 Å². The van der Waals surface area contributed by atoms with E-state index in [1.807, 2.05) is 38.1 Å². The highest BCUT2D eigenvalue weighted by molar-refractivity contribution is 7.11. The molecule has 0 bridgehead atoms. The molecule has 0 aliphatic carbocycles. The van der Waals surface area contributed by atoms with Gasteiger partial charge in [-0.05, 0) is 25.8 Å². The molecule has 2 aromatic rings. The molecular formula is C18H24N2O2S. The molecule has 0 spiro atoms. The Hall–Kier alpha value is -1.88. The van der Waals surface area contributed by atoms with Gasteiger partial charge in [0, 0.05) is 19.3 Å². The first kappa shape index (κ1) is 17.5. The summed E-state index contributed by atoms with van der Waals surface area (Å²) in [6.45, 7) is 7.22. The first-order valence-corrected chi connectivity index (χ1v) is 8.77. The fourth-order valence-electron chi connectivity index (χ4n) is 2.40. The molecule has 0 aliphatic heterocycles. The Balaban J connectivity index is 2.23. The summed E-state index contributed by atoms with van der Waals surface area (Å²) in [5.74, 6) is -0.0549. The van der Waals surface area contributed by atoms with E-state index in [2.05, 4.69) is 6.92 Å². The fraction of sp³-hybridized carbons (Fsp3) is 0.444. The maximum Gasteiger partial charge on any atom is 0.308 e. The van der Waals surface area contributed by atoms with Gasteiger partial charge in [0.05, 0.1) is 6.54 Å². The Morgan fingerprint density at radius 1 is 1.22 bits per heavy atom. The van der Waals surface area contributed by atoms with Gasteiger partial charge in [0.25, 0.3) is 5.91 Å². The Bertz CT molecular complexity index is 728. The Morgan fingerprint density at radius 3 is 2.48 bits per heavy atom. The van der Waals surface area contributed by atoms with Crippen LogP contribution in [0.2, 0.25) is 0 Å². The lowest BCUT2D eigenvalue weighted by Gasteiger charge is -2.16. The molecule has 0 unspecified atom stereocenters. The third-order valence-electron chi connectivity index (χ3n) is 3.99. The summed E-state index contributed by atoms with van der Waals surface area (Å²) < 4.78 is 1.69. The maximum absolute atomic E-state index is 12.5. The van der Waals surface area contributed by atoms with Crippen molar-refractivity contribution in [3.63, 3.8) is 0 Å². The van der Waals surface area contributed by atoms with Crippen molar-refractivity contribution in [3.05, 3.63) is 55.6 Å². The number of nitrogens with zero attached hydrogens (tertiary/aromatic N) is 2. The van der Waals surface area contributed by atoms with Crippen molar-refractivity contribution in [2.75, 3.05) is 13.6 Å². The van der Waals surface area contributed by atoms with Gasteiger partial charge in [-0.25, -0.2) is 0 Å². The van der Waals surface area contributed by atoms with Crippen LogP contribution in [0.15, 0.2) is 29.1 Å². The second-order valence-corrected chi connectivity index (χ2v) is 6.90. The number of rotatable bonds is 6. The van der Waals surface area contributed by atoms with E-state index in [1.165, 1.54) is 5.56 Å². The fourth-order valence-corrected chi connectivity index (χ4v) is 3.39. The van der Waals surface area contributed by atoms with E-state index in [0.29, 0.717) is 11.4 Å². The minimum Gasteiger partial charge on any atom is -0.341 e. The molecule has 0 fully saturated rings. The minimum atomic E-state index is -0.0738. The second kappa shape index (κ2) is 7.59. The van der Waals surface area contributed by atoms with E-state index < -0.39 is 0 Å². The molecule has 23 heavy (non-hydrogen) atoms. The SMILES string of the molecule is CCCCN(C)C(=O)c1sc(=O)n(Cc2ccc(C)cc2)c1C. The van der Waals surface area contributed by atoms with Crippen LogP contribution in [-0.4, -0.2) is 29.0 Å². The Morgan fingerprint density at radius 2 is 1.87 bits per heavy atom. The lowest BCUT2D eigenvalue weighted by Crippen LogP contribution is -2.27. The van der Waals surface area contributed by atoms with Crippen molar-refractivity contribution in [1.29, 1.82) is 0 Å². The van der Waals surface area contributed by atoms with Crippen molar-refractivity contribution >= 4 is 17.2 Å². The number of benzene rings is 1. The molecule has 1 amide bonds. The highest BCUT2D eigenvalue weighted by Crippen LogP contribution is 2.16. The topological polar surface area (TPSA) is 42.3 Å². The van der Waals surface area contributed by atoms with Gasteiger partial charge in [-0.1, -0.05) is 54.5 Å². The van der Waals surface area contributed by atoms with Gasteiger partial charge in [0.1, 0.15) is 4.88 Å². The third kappa shape index (κ3) is 4.10. The first-order valence-electron chi connectivity index (χ1n) is 7.95. The number of aryl methyl sites for hydroxylation is 1. The monoisotopic (exact) mass is 332 g/mol. The predicted octanol–water partition coefficient (Wildman–Crippen LogP) is 3.45. The molecule has 1 aromatic carbocycles. The summed E-state index contributed by atoms with van der Waals surface area (Å²) in [6, 6.07) is 8.11. The normalized spacial score (nSPS) is 10.8.